The number of nitrogens with zero attached hydrogens (tertiary/aromatic N) is 3. The average Bonchev–Trinajstić information content (AvgIpc) is 3.13. The number of aromatic nitrogens is 1. The maximum Gasteiger partial charge on any atom is 0.223 e. The molecule has 0 spiro atoms. The van der Waals surface area contributed by atoms with Crippen molar-refractivity contribution in [2.75, 3.05) is 33.3 Å². The standard InChI is InChI=1S/C23H31N5O2.HI/c1-3-30-21-13-19(9-11-25-21)15-26-23(24-2)27-16-20-14-22(29)28(17-20)12-10-18-7-5-4-6-8-18;/h4-9,11,13,20H,3,10,12,14-17H2,1-2H3,(H2,24,26,27);1H. The number of hydrogen-bond donors (Lipinski definition) is 2. The Morgan fingerprint density at radius 1 is 1.23 bits per heavy atom. The minimum absolute atomic E-state index is 0. The van der Waals surface area contributed by atoms with Crippen LogP contribution in [0.4, 0.5) is 0 Å². The van der Waals surface area contributed by atoms with Crippen LogP contribution in [0.15, 0.2) is 53.7 Å². The molecule has 0 aliphatic carbocycles. The molecule has 1 unspecified atom stereocenters. The molecule has 0 bridgehead atoms. The van der Waals surface area contributed by atoms with E-state index in [0.29, 0.717) is 32.0 Å². The van der Waals surface area contributed by atoms with Gasteiger partial charge in [0.1, 0.15) is 0 Å². The van der Waals surface area contributed by atoms with Gasteiger partial charge in [-0.3, -0.25) is 9.79 Å². The Bertz CT molecular complexity index is 847. The van der Waals surface area contributed by atoms with E-state index in [1.807, 2.05) is 42.2 Å². The Kier molecular flexibility index (Phi) is 10.6. The van der Waals surface area contributed by atoms with Crippen LogP contribution in [-0.4, -0.2) is 55.0 Å². The zero-order valence-corrected chi connectivity index (χ0v) is 20.5. The third kappa shape index (κ3) is 8.01. The minimum Gasteiger partial charge on any atom is -0.478 e. The number of amides is 1. The number of aliphatic imine (C=N–C) groups is 1. The van der Waals surface area contributed by atoms with E-state index in [1.54, 1.807) is 13.2 Å². The Morgan fingerprint density at radius 3 is 2.77 bits per heavy atom. The summed E-state index contributed by atoms with van der Waals surface area (Å²) in [6, 6.07) is 14.2. The van der Waals surface area contributed by atoms with Crippen molar-refractivity contribution in [2.24, 2.45) is 10.9 Å². The first kappa shape index (κ1) is 24.9. The molecule has 1 amide bonds. The van der Waals surface area contributed by atoms with Gasteiger partial charge in [0.2, 0.25) is 11.8 Å². The number of ether oxygens (including phenoxy) is 1. The van der Waals surface area contributed by atoms with Crippen LogP contribution in [0.5, 0.6) is 5.88 Å². The van der Waals surface area contributed by atoms with Gasteiger partial charge < -0.3 is 20.3 Å². The molecule has 1 atom stereocenters. The summed E-state index contributed by atoms with van der Waals surface area (Å²) in [5.41, 5.74) is 2.33. The summed E-state index contributed by atoms with van der Waals surface area (Å²) in [7, 11) is 1.75. The first-order chi connectivity index (χ1) is 14.7. The van der Waals surface area contributed by atoms with Gasteiger partial charge in [-0.1, -0.05) is 30.3 Å². The molecule has 1 aliphatic rings. The maximum atomic E-state index is 12.4. The second-order valence-electron chi connectivity index (χ2n) is 7.39. The fourth-order valence-corrected chi connectivity index (χ4v) is 3.55. The number of carbonyl (C=O) groups excluding carboxylic acids is 1. The van der Waals surface area contributed by atoms with Crippen molar-refractivity contribution in [1.82, 2.24) is 20.5 Å². The summed E-state index contributed by atoms with van der Waals surface area (Å²) in [6.45, 7) is 5.43. The van der Waals surface area contributed by atoms with Crippen molar-refractivity contribution in [3.63, 3.8) is 0 Å². The van der Waals surface area contributed by atoms with Crippen LogP contribution in [-0.2, 0) is 17.8 Å². The number of rotatable bonds is 9. The van der Waals surface area contributed by atoms with Crippen LogP contribution in [0.2, 0.25) is 0 Å². The van der Waals surface area contributed by atoms with E-state index in [9.17, 15) is 4.79 Å². The summed E-state index contributed by atoms with van der Waals surface area (Å²) < 4.78 is 5.44. The second-order valence-corrected chi connectivity index (χ2v) is 7.39. The topological polar surface area (TPSA) is 78.8 Å². The SMILES string of the molecule is CCOc1cc(CNC(=NC)NCC2CC(=O)N(CCc3ccccc3)C2)ccn1.I. The molecule has 1 saturated heterocycles. The number of hydrogen-bond acceptors (Lipinski definition) is 4. The molecule has 8 heteroatoms. The predicted octanol–water partition coefficient (Wildman–Crippen LogP) is 2.85. The summed E-state index contributed by atoms with van der Waals surface area (Å²) in [5, 5.41) is 6.65. The van der Waals surface area contributed by atoms with Gasteiger partial charge in [-0.25, -0.2) is 4.98 Å². The Morgan fingerprint density at radius 2 is 2.03 bits per heavy atom. The molecule has 1 aliphatic heterocycles. The van der Waals surface area contributed by atoms with E-state index >= 15 is 0 Å². The van der Waals surface area contributed by atoms with E-state index in [1.165, 1.54) is 5.56 Å². The van der Waals surface area contributed by atoms with Crippen molar-refractivity contribution < 1.29 is 9.53 Å². The van der Waals surface area contributed by atoms with Crippen LogP contribution < -0.4 is 15.4 Å². The lowest BCUT2D eigenvalue weighted by Crippen LogP contribution is -2.40. The number of halogens is 1. The molecule has 2 aromatic rings. The predicted molar refractivity (Wildman–Crippen MR) is 134 cm³/mol. The number of likely N-dealkylation sites (tertiary alicyclic amines) is 1. The number of guanidine groups is 1. The third-order valence-electron chi connectivity index (χ3n) is 5.14. The van der Waals surface area contributed by atoms with Crippen molar-refractivity contribution in [3.8, 4) is 5.88 Å². The van der Waals surface area contributed by atoms with E-state index in [0.717, 1.165) is 31.0 Å². The van der Waals surface area contributed by atoms with Gasteiger partial charge in [-0.15, -0.1) is 24.0 Å². The molecule has 1 fully saturated rings. The van der Waals surface area contributed by atoms with Crippen molar-refractivity contribution >= 4 is 35.8 Å². The normalized spacial score (nSPS) is 16.1. The Balaban J connectivity index is 0.00000341. The van der Waals surface area contributed by atoms with Crippen LogP contribution >= 0.6 is 24.0 Å². The number of nitrogens with one attached hydrogen (secondary N) is 2. The van der Waals surface area contributed by atoms with Gasteiger partial charge in [-0.2, -0.15) is 0 Å². The molecule has 2 N–H and O–H groups in total. The monoisotopic (exact) mass is 537 g/mol. The van der Waals surface area contributed by atoms with E-state index < -0.39 is 0 Å². The lowest BCUT2D eigenvalue weighted by Gasteiger charge is -2.18. The smallest absolute Gasteiger partial charge is 0.223 e. The zero-order valence-electron chi connectivity index (χ0n) is 18.2. The molecular formula is C23H32IN5O2. The molecule has 2 heterocycles. The van der Waals surface area contributed by atoms with Crippen molar-refractivity contribution in [3.05, 3.63) is 59.8 Å². The van der Waals surface area contributed by atoms with Crippen molar-refractivity contribution in [1.29, 1.82) is 0 Å². The molecular weight excluding hydrogens is 505 g/mol. The van der Waals surface area contributed by atoms with Crippen LogP contribution in [0, 0.1) is 5.92 Å². The Hall–Kier alpha value is -2.36. The first-order valence-corrected chi connectivity index (χ1v) is 10.5. The van der Waals surface area contributed by atoms with E-state index in [4.69, 9.17) is 4.74 Å². The minimum atomic E-state index is 0. The largest absolute Gasteiger partial charge is 0.478 e. The molecule has 31 heavy (non-hydrogen) atoms. The van der Waals surface area contributed by atoms with Crippen LogP contribution in [0.3, 0.4) is 0 Å². The maximum absolute atomic E-state index is 12.4. The summed E-state index contributed by atoms with van der Waals surface area (Å²) in [4.78, 5) is 22.8. The highest BCUT2D eigenvalue weighted by Crippen LogP contribution is 2.17. The van der Waals surface area contributed by atoms with Crippen molar-refractivity contribution in [2.45, 2.75) is 26.3 Å². The summed E-state index contributed by atoms with van der Waals surface area (Å²) in [6.07, 6.45) is 3.22. The number of benzene rings is 1. The molecule has 0 radical (unpaired) electrons. The fraction of sp³-hybridized carbons (Fsp3) is 0.435. The van der Waals surface area contributed by atoms with Crippen LogP contribution in [0.1, 0.15) is 24.5 Å². The van der Waals surface area contributed by atoms with Gasteiger partial charge in [0.25, 0.3) is 0 Å². The average molecular weight is 537 g/mol. The number of pyridine rings is 1. The van der Waals surface area contributed by atoms with Gasteiger partial charge in [-0.05, 0) is 30.5 Å². The molecule has 7 nitrogen and oxygen atoms in total. The van der Waals surface area contributed by atoms with Gasteiger partial charge in [0, 0.05) is 57.8 Å². The lowest BCUT2D eigenvalue weighted by atomic mass is 10.1. The molecule has 168 valence electrons. The highest BCUT2D eigenvalue weighted by Gasteiger charge is 2.29. The van der Waals surface area contributed by atoms with Gasteiger partial charge >= 0.3 is 0 Å². The van der Waals surface area contributed by atoms with Crippen LogP contribution in [0.25, 0.3) is 0 Å². The van der Waals surface area contributed by atoms with Gasteiger partial charge in [0.05, 0.1) is 6.61 Å². The Labute approximate surface area is 201 Å². The summed E-state index contributed by atoms with van der Waals surface area (Å²) >= 11 is 0. The first-order valence-electron chi connectivity index (χ1n) is 10.5. The van der Waals surface area contributed by atoms with Gasteiger partial charge in [0.15, 0.2) is 5.96 Å². The molecule has 1 aromatic carbocycles. The fourth-order valence-electron chi connectivity index (χ4n) is 3.55. The highest BCUT2D eigenvalue weighted by atomic mass is 127. The lowest BCUT2D eigenvalue weighted by molar-refractivity contribution is -0.127. The second kappa shape index (κ2) is 13.1. The molecule has 0 saturated carbocycles. The van der Waals surface area contributed by atoms with E-state index in [2.05, 4.69) is 32.7 Å². The van der Waals surface area contributed by atoms with E-state index in [-0.39, 0.29) is 35.8 Å². The summed E-state index contributed by atoms with van der Waals surface area (Å²) in [5.74, 6) is 1.87. The quantitative estimate of drug-likeness (QED) is 0.292. The highest BCUT2D eigenvalue weighted by molar-refractivity contribution is 14.0. The number of carbonyl (C=O) groups is 1. The molecule has 1 aromatic heterocycles. The molecule has 3 rings (SSSR count). The third-order valence-corrected chi connectivity index (χ3v) is 5.14. The zero-order chi connectivity index (χ0) is 21.2.